The van der Waals surface area contributed by atoms with Gasteiger partial charge in [-0.15, -0.1) is 0 Å². The maximum Gasteiger partial charge on any atom is 0.309 e. The zero-order chi connectivity index (χ0) is 14.0. The Hall–Kier alpha value is -1.84. The van der Waals surface area contributed by atoms with Gasteiger partial charge in [0.05, 0.1) is 5.41 Å². The molecule has 2 rings (SSSR count). The first-order valence-electron chi connectivity index (χ1n) is 6.52. The van der Waals surface area contributed by atoms with Crippen LogP contribution < -0.4 is 0 Å². The molecule has 4 heteroatoms. The molecule has 0 bridgehead atoms. The zero-order valence-corrected chi connectivity index (χ0v) is 11.3. The quantitative estimate of drug-likeness (QED) is 0.888. The van der Waals surface area contributed by atoms with Crippen molar-refractivity contribution in [1.29, 1.82) is 0 Å². The van der Waals surface area contributed by atoms with Crippen LogP contribution in [0.1, 0.15) is 35.7 Å². The normalized spacial score (nSPS) is 18.1. The van der Waals surface area contributed by atoms with E-state index in [0.717, 1.165) is 5.56 Å². The topological polar surface area (TPSA) is 57.6 Å². The molecule has 0 spiro atoms. The van der Waals surface area contributed by atoms with Gasteiger partial charge in [-0.25, -0.2) is 0 Å². The minimum atomic E-state index is -0.769. The molecule has 102 valence electrons. The van der Waals surface area contributed by atoms with Gasteiger partial charge in [-0.1, -0.05) is 17.7 Å². The predicted molar refractivity (Wildman–Crippen MR) is 72.1 cm³/mol. The lowest BCUT2D eigenvalue weighted by Gasteiger charge is -2.36. The predicted octanol–water partition coefficient (Wildman–Crippen LogP) is 2.32. The fourth-order valence-corrected chi connectivity index (χ4v) is 2.30. The number of hydrogen-bond donors (Lipinski definition) is 1. The maximum atomic E-state index is 12.3. The molecule has 1 N–H and O–H groups in total. The summed E-state index contributed by atoms with van der Waals surface area (Å²) in [5.41, 5.74) is 1.10. The van der Waals surface area contributed by atoms with E-state index < -0.39 is 11.4 Å². The van der Waals surface area contributed by atoms with Gasteiger partial charge in [-0.2, -0.15) is 0 Å². The van der Waals surface area contributed by atoms with Crippen molar-refractivity contribution < 1.29 is 14.7 Å². The summed E-state index contributed by atoms with van der Waals surface area (Å²) in [5.74, 6) is -0.776. The van der Waals surface area contributed by atoms with E-state index in [-0.39, 0.29) is 5.91 Å². The Labute approximate surface area is 113 Å². The summed E-state index contributed by atoms with van der Waals surface area (Å²) in [6.45, 7) is 4.75. The highest BCUT2D eigenvalue weighted by molar-refractivity contribution is 5.94. The standard InChI is InChI=1S/C15H19NO3/c1-11-3-5-12(6-4-11)13(17)16-9-7-15(2,8-10-16)14(18)19/h3-6H,7-10H2,1-2H3,(H,18,19). The molecule has 0 radical (unpaired) electrons. The first-order valence-corrected chi connectivity index (χ1v) is 6.52. The number of carbonyl (C=O) groups is 2. The number of carboxylic acid groups (broad SMARTS) is 1. The molecule has 1 saturated heterocycles. The Bertz CT molecular complexity index is 485. The molecule has 4 nitrogen and oxygen atoms in total. The number of carboxylic acids is 1. The fraction of sp³-hybridized carbons (Fsp3) is 0.467. The average Bonchev–Trinajstić information content (AvgIpc) is 2.39. The number of rotatable bonds is 2. The molecule has 1 fully saturated rings. The van der Waals surface area contributed by atoms with Gasteiger partial charge in [0.1, 0.15) is 0 Å². The summed E-state index contributed by atoms with van der Waals surface area (Å²) in [7, 11) is 0. The van der Waals surface area contributed by atoms with Crippen molar-refractivity contribution in [2.24, 2.45) is 5.41 Å². The van der Waals surface area contributed by atoms with Crippen LogP contribution in [-0.4, -0.2) is 35.0 Å². The van der Waals surface area contributed by atoms with Crippen LogP contribution in [0.25, 0.3) is 0 Å². The van der Waals surface area contributed by atoms with Crippen molar-refractivity contribution in [3.05, 3.63) is 35.4 Å². The van der Waals surface area contributed by atoms with E-state index in [1.807, 2.05) is 31.2 Å². The highest BCUT2D eigenvalue weighted by Gasteiger charge is 2.38. The molecule has 1 amide bonds. The second kappa shape index (κ2) is 5.03. The van der Waals surface area contributed by atoms with Crippen molar-refractivity contribution in [3.8, 4) is 0 Å². The summed E-state index contributed by atoms with van der Waals surface area (Å²) >= 11 is 0. The summed E-state index contributed by atoms with van der Waals surface area (Å²) in [4.78, 5) is 25.2. The molecule has 19 heavy (non-hydrogen) atoms. The van der Waals surface area contributed by atoms with E-state index >= 15 is 0 Å². The van der Waals surface area contributed by atoms with Gasteiger partial charge < -0.3 is 10.0 Å². The van der Waals surface area contributed by atoms with Crippen molar-refractivity contribution >= 4 is 11.9 Å². The number of amides is 1. The van der Waals surface area contributed by atoms with Gasteiger partial charge >= 0.3 is 5.97 Å². The first-order chi connectivity index (χ1) is 8.92. The van der Waals surface area contributed by atoms with Crippen LogP contribution in [0.15, 0.2) is 24.3 Å². The van der Waals surface area contributed by atoms with Gasteiger partial charge in [0.25, 0.3) is 5.91 Å². The molecule has 0 atom stereocenters. The summed E-state index contributed by atoms with van der Waals surface area (Å²) < 4.78 is 0. The second-order valence-corrected chi connectivity index (χ2v) is 5.52. The summed E-state index contributed by atoms with van der Waals surface area (Å²) in [6.07, 6.45) is 1.03. The van der Waals surface area contributed by atoms with Crippen LogP contribution in [0.3, 0.4) is 0 Å². The van der Waals surface area contributed by atoms with Crippen LogP contribution >= 0.6 is 0 Å². The van der Waals surface area contributed by atoms with Crippen LogP contribution in [0.5, 0.6) is 0 Å². The van der Waals surface area contributed by atoms with Crippen molar-refractivity contribution in [3.63, 3.8) is 0 Å². The maximum absolute atomic E-state index is 12.3. The van der Waals surface area contributed by atoms with E-state index in [9.17, 15) is 9.59 Å². The summed E-state index contributed by atoms with van der Waals surface area (Å²) in [5, 5.41) is 9.17. The molecule has 0 saturated carbocycles. The van der Waals surface area contributed by atoms with Gasteiger partial charge in [0.15, 0.2) is 0 Å². The molecule has 1 heterocycles. The monoisotopic (exact) mass is 261 g/mol. The number of benzene rings is 1. The molecule has 1 aromatic rings. The van der Waals surface area contributed by atoms with Crippen molar-refractivity contribution in [2.75, 3.05) is 13.1 Å². The average molecular weight is 261 g/mol. The van der Waals surface area contributed by atoms with E-state index in [4.69, 9.17) is 5.11 Å². The smallest absolute Gasteiger partial charge is 0.309 e. The van der Waals surface area contributed by atoms with Crippen molar-refractivity contribution in [1.82, 2.24) is 4.90 Å². The number of nitrogens with zero attached hydrogens (tertiary/aromatic N) is 1. The van der Waals surface area contributed by atoms with E-state index in [2.05, 4.69) is 0 Å². The van der Waals surface area contributed by atoms with E-state index in [0.29, 0.717) is 31.5 Å². The largest absolute Gasteiger partial charge is 0.481 e. The van der Waals surface area contributed by atoms with Crippen LogP contribution in [-0.2, 0) is 4.79 Å². The van der Waals surface area contributed by atoms with Crippen LogP contribution in [0, 0.1) is 12.3 Å². The Morgan fingerprint density at radius 3 is 2.16 bits per heavy atom. The molecule has 1 aliphatic rings. The molecule has 0 unspecified atom stereocenters. The number of piperidine rings is 1. The third-order valence-electron chi connectivity index (χ3n) is 3.97. The lowest BCUT2D eigenvalue weighted by atomic mass is 9.80. The molecule has 0 aromatic heterocycles. The fourth-order valence-electron chi connectivity index (χ4n) is 2.30. The highest BCUT2D eigenvalue weighted by atomic mass is 16.4. The number of hydrogen-bond acceptors (Lipinski definition) is 2. The van der Waals surface area contributed by atoms with Gasteiger partial charge in [0, 0.05) is 18.7 Å². The van der Waals surface area contributed by atoms with Gasteiger partial charge in [0.2, 0.25) is 0 Å². The highest BCUT2D eigenvalue weighted by Crippen LogP contribution is 2.31. The Balaban J connectivity index is 2.04. The number of aryl methyl sites for hydroxylation is 1. The van der Waals surface area contributed by atoms with Gasteiger partial charge in [-0.3, -0.25) is 9.59 Å². The third-order valence-corrected chi connectivity index (χ3v) is 3.97. The summed E-state index contributed by atoms with van der Waals surface area (Å²) in [6, 6.07) is 7.47. The Kier molecular flexibility index (Phi) is 3.60. The molecule has 1 aliphatic heterocycles. The lowest BCUT2D eigenvalue weighted by Crippen LogP contribution is -2.45. The SMILES string of the molecule is Cc1ccc(C(=O)N2CCC(C)(C(=O)O)CC2)cc1. The first kappa shape index (κ1) is 13.6. The van der Waals surface area contributed by atoms with E-state index in [1.165, 1.54) is 0 Å². The molecular formula is C15H19NO3. The molecule has 0 aliphatic carbocycles. The number of likely N-dealkylation sites (tertiary alicyclic amines) is 1. The molecular weight excluding hydrogens is 242 g/mol. The van der Waals surface area contributed by atoms with Crippen LogP contribution in [0.2, 0.25) is 0 Å². The lowest BCUT2D eigenvalue weighted by molar-refractivity contribution is -0.150. The Morgan fingerprint density at radius 1 is 1.16 bits per heavy atom. The minimum Gasteiger partial charge on any atom is -0.481 e. The van der Waals surface area contributed by atoms with Gasteiger partial charge in [-0.05, 0) is 38.8 Å². The van der Waals surface area contributed by atoms with Crippen molar-refractivity contribution in [2.45, 2.75) is 26.7 Å². The zero-order valence-electron chi connectivity index (χ0n) is 11.3. The van der Waals surface area contributed by atoms with Crippen LogP contribution in [0.4, 0.5) is 0 Å². The number of carbonyl (C=O) groups excluding carboxylic acids is 1. The third kappa shape index (κ3) is 2.78. The Morgan fingerprint density at radius 2 is 1.68 bits per heavy atom. The number of aliphatic carboxylic acids is 1. The molecule has 1 aromatic carbocycles. The minimum absolute atomic E-state index is 0.00700. The van der Waals surface area contributed by atoms with E-state index in [1.54, 1.807) is 11.8 Å². The second-order valence-electron chi connectivity index (χ2n) is 5.52.